The summed E-state index contributed by atoms with van der Waals surface area (Å²) in [6.07, 6.45) is 1.42. The molecule has 1 heterocycles. The molecule has 0 aliphatic rings. The van der Waals surface area contributed by atoms with Crippen LogP contribution >= 0.6 is 11.8 Å². The lowest BCUT2D eigenvalue weighted by Gasteiger charge is -2.08. The van der Waals surface area contributed by atoms with Gasteiger partial charge in [0.05, 0.1) is 17.5 Å². The number of hydrogen-bond acceptors (Lipinski definition) is 5. The van der Waals surface area contributed by atoms with Crippen molar-refractivity contribution >= 4 is 34.8 Å². The summed E-state index contributed by atoms with van der Waals surface area (Å²) in [5.41, 5.74) is 6.03. The first-order valence-electron chi connectivity index (χ1n) is 8.13. The van der Waals surface area contributed by atoms with Gasteiger partial charge in [-0.3, -0.25) is 9.78 Å². The van der Waals surface area contributed by atoms with E-state index in [2.05, 4.69) is 21.6 Å². The van der Waals surface area contributed by atoms with Crippen molar-refractivity contribution in [3.63, 3.8) is 0 Å². The van der Waals surface area contributed by atoms with Crippen molar-refractivity contribution in [2.75, 3.05) is 5.75 Å². The highest BCUT2D eigenvalue weighted by Gasteiger charge is 2.08. The van der Waals surface area contributed by atoms with Crippen molar-refractivity contribution in [3.05, 3.63) is 65.4 Å². The monoisotopic (exact) mass is 365 g/mol. The molecule has 26 heavy (non-hydrogen) atoms. The van der Waals surface area contributed by atoms with Crippen molar-refractivity contribution in [1.29, 1.82) is 0 Å². The summed E-state index contributed by atoms with van der Waals surface area (Å²) in [6, 6.07) is 14.9. The standard InChI is InChI=1S/C20H19N3O2S/c1-13-7-8-17-16(9-13)19(10-14(2)22-17)26-12-20(25)23-21-11-15-5-3-4-6-18(15)24/h3-11,24H,12H2,1-2H3,(H,23,25). The zero-order valence-electron chi connectivity index (χ0n) is 14.6. The average molecular weight is 365 g/mol. The highest BCUT2D eigenvalue weighted by Crippen LogP contribution is 2.28. The van der Waals surface area contributed by atoms with Gasteiger partial charge in [0, 0.05) is 21.5 Å². The molecule has 1 aromatic heterocycles. The number of para-hydroxylation sites is 1. The fourth-order valence-electron chi connectivity index (χ4n) is 2.50. The Morgan fingerprint density at radius 1 is 1.23 bits per heavy atom. The molecule has 1 amide bonds. The maximum absolute atomic E-state index is 12.1. The van der Waals surface area contributed by atoms with Crippen LogP contribution in [-0.4, -0.2) is 28.0 Å². The van der Waals surface area contributed by atoms with Crippen molar-refractivity contribution in [2.45, 2.75) is 18.7 Å². The van der Waals surface area contributed by atoms with E-state index in [9.17, 15) is 9.90 Å². The van der Waals surface area contributed by atoms with Crippen LogP contribution < -0.4 is 5.43 Å². The predicted molar refractivity (Wildman–Crippen MR) is 106 cm³/mol. The summed E-state index contributed by atoms with van der Waals surface area (Å²) in [5.74, 6) is 0.149. The Morgan fingerprint density at radius 3 is 2.85 bits per heavy atom. The molecule has 0 saturated carbocycles. The Balaban J connectivity index is 1.65. The van der Waals surface area contributed by atoms with Crippen LogP contribution in [0.25, 0.3) is 10.9 Å². The number of hydrazone groups is 1. The number of carbonyl (C=O) groups excluding carboxylic acids is 1. The summed E-state index contributed by atoms with van der Waals surface area (Å²) >= 11 is 1.45. The molecule has 0 bridgehead atoms. The van der Waals surface area contributed by atoms with Crippen molar-refractivity contribution in [1.82, 2.24) is 10.4 Å². The minimum atomic E-state index is -0.211. The third-order valence-electron chi connectivity index (χ3n) is 3.74. The zero-order chi connectivity index (χ0) is 18.5. The molecule has 6 heteroatoms. The number of phenols is 1. The molecule has 3 aromatic rings. The Kier molecular flexibility index (Phi) is 5.53. The van der Waals surface area contributed by atoms with E-state index in [1.807, 2.05) is 32.0 Å². The Labute approximate surface area is 156 Å². The molecule has 0 unspecified atom stereocenters. The fourth-order valence-corrected chi connectivity index (χ4v) is 3.42. The number of pyridine rings is 1. The second-order valence-electron chi connectivity index (χ2n) is 5.92. The third kappa shape index (κ3) is 4.40. The van der Waals surface area contributed by atoms with Crippen LogP contribution in [0.3, 0.4) is 0 Å². The van der Waals surface area contributed by atoms with E-state index in [4.69, 9.17) is 0 Å². The second-order valence-corrected chi connectivity index (χ2v) is 6.94. The zero-order valence-corrected chi connectivity index (χ0v) is 15.4. The molecule has 5 nitrogen and oxygen atoms in total. The van der Waals surface area contributed by atoms with Crippen molar-refractivity contribution < 1.29 is 9.90 Å². The van der Waals surface area contributed by atoms with E-state index in [1.165, 1.54) is 18.0 Å². The van der Waals surface area contributed by atoms with E-state index in [-0.39, 0.29) is 17.4 Å². The number of aryl methyl sites for hydroxylation is 2. The summed E-state index contributed by atoms with van der Waals surface area (Å²) in [6.45, 7) is 3.98. The van der Waals surface area contributed by atoms with Gasteiger partial charge in [-0.1, -0.05) is 23.8 Å². The molecule has 0 saturated heterocycles. The maximum Gasteiger partial charge on any atom is 0.250 e. The largest absolute Gasteiger partial charge is 0.507 e. The van der Waals surface area contributed by atoms with Gasteiger partial charge in [0.15, 0.2) is 0 Å². The molecule has 0 fully saturated rings. The summed E-state index contributed by atoms with van der Waals surface area (Å²) < 4.78 is 0. The molecule has 2 aromatic carbocycles. The Bertz CT molecular complexity index is 986. The van der Waals surface area contributed by atoms with Gasteiger partial charge in [0.1, 0.15) is 5.75 Å². The molecular weight excluding hydrogens is 346 g/mol. The minimum Gasteiger partial charge on any atom is -0.507 e. The van der Waals surface area contributed by atoms with Crippen LogP contribution in [0.2, 0.25) is 0 Å². The molecular formula is C20H19N3O2S. The van der Waals surface area contributed by atoms with Gasteiger partial charge in [-0.25, -0.2) is 5.43 Å². The Hall–Kier alpha value is -2.86. The number of aromatic hydroxyl groups is 1. The van der Waals surface area contributed by atoms with Crippen LogP contribution in [0.1, 0.15) is 16.8 Å². The van der Waals surface area contributed by atoms with Gasteiger partial charge >= 0.3 is 0 Å². The minimum absolute atomic E-state index is 0.119. The molecule has 0 radical (unpaired) electrons. The van der Waals surface area contributed by atoms with Crippen molar-refractivity contribution in [3.8, 4) is 5.75 Å². The van der Waals surface area contributed by atoms with Crippen LogP contribution in [0.15, 0.2) is 58.5 Å². The smallest absolute Gasteiger partial charge is 0.250 e. The molecule has 3 rings (SSSR count). The van der Waals surface area contributed by atoms with Crippen LogP contribution in [0, 0.1) is 13.8 Å². The first kappa shape index (κ1) is 17.9. The number of amides is 1. The van der Waals surface area contributed by atoms with E-state index < -0.39 is 0 Å². The molecule has 132 valence electrons. The fraction of sp³-hybridized carbons (Fsp3) is 0.150. The number of benzene rings is 2. The van der Waals surface area contributed by atoms with Gasteiger partial charge in [0.25, 0.3) is 0 Å². The number of fused-ring (bicyclic) bond motifs is 1. The lowest BCUT2D eigenvalue weighted by atomic mass is 10.1. The summed E-state index contributed by atoms with van der Waals surface area (Å²) in [4.78, 5) is 17.6. The molecule has 0 atom stereocenters. The SMILES string of the molecule is Cc1ccc2nc(C)cc(SCC(=O)NN=Cc3ccccc3O)c2c1. The van der Waals surface area contributed by atoms with E-state index >= 15 is 0 Å². The first-order chi connectivity index (χ1) is 12.5. The molecule has 0 spiro atoms. The van der Waals surface area contributed by atoms with Crippen LogP contribution in [0.4, 0.5) is 0 Å². The quantitative estimate of drug-likeness (QED) is 0.410. The lowest BCUT2D eigenvalue weighted by molar-refractivity contribution is -0.118. The van der Waals surface area contributed by atoms with Gasteiger partial charge in [0.2, 0.25) is 5.91 Å². The van der Waals surface area contributed by atoms with Gasteiger partial charge in [-0.2, -0.15) is 5.10 Å². The maximum atomic E-state index is 12.1. The highest BCUT2D eigenvalue weighted by molar-refractivity contribution is 8.00. The number of carbonyl (C=O) groups is 1. The highest BCUT2D eigenvalue weighted by atomic mass is 32.2. The van der Waals surface area contributed by atoms with Crippen LogP contribution in [0.5, 0.6) is 5.75 Å². The average Bonchev–Trinajstić information content (AvgIpc) is 2.61. The molecule has 2 N–H and O–H groups in total. The van der Waals surface area contributed by atoms with Gasteiger partial charge in [-0.05, 0) is 44.2 Å². The number of nitrogens with one attached hydrogen (secondary N) is 1. The molecule has 0 aliphatic carbocycles. The number of phenolic OH excluding ortho intramolecular Hbond substituents is 1. The molecule has 0 aliphatic heterocycles. The topological polar surface area (TPSA) is 74.6 Å². The number of aromatic nitrogens is 1. The number of nitrogens with zero attached hydrogens (tertiary/aromatic N) is 2. The summed E-state index contributed by atoms with van der Waals surface area (Å²) in [7, 11) is 0. The van der Waals surface area contributed by atoms with Crippen molar-refractivity contribution in [2.24, 2.45) is 5.10 Å². The second kappa shape index (κ2) is 8.01. The van der Waals surface area contributed by atoms with E-state index in [0.717, 1.165) is 27.1 Å². The van der Waals surface area contributed by atoms with Gasteiger partial charge < -0.3 is 5.11 Å². The first-order valence-corrected chi connectivity index (χ1v) is 9.12. The van der Waals surface area contributed by atoms with E-state index in [1.54, 1.807) is 24.3 Å². The number of hydrogen-bond donors (Lipinski definition) is 2. The Morgan fingerprint density at radius 2 is 2.04 bits per heavy atom. The third-order valence-corrected chi connectivity index (χ3v) is 4.80. The van der Waals surface area contributed by atoms with Gasteiger partial charge in [-0.15, -0.1) is 11.8 Å². The van der Waals surface area contributed by atoms with Crippen LogP contribution in [-0.2, 0) is 4.79 Å². The lowest BCUT2D eigenvalue weighted by Crippen LogP contribution is -2.19. The number of rotatable bonds is 5. The normalized spacial score (nSPS) is 11.2. The summed E-state index contributed by atoms with van der Waals surface area (Å²) in [5, 5.41) is 14.6. The number of thioether (sulfide) groups is 1. The van der Waals surface area contributed by atoms with E-state index in [0.29, 0.717) is 5.56 Å². The predicted octanol–water partition coefficient (Wildman–Crippen LogP) is 3.80.